The average molecular weight is 307 g/mol. The van der Waals surface area contributed by atoms with Crippen LogP contribution in [-0.2, 0) is 9.59 Å². The minimum atomic E-state index is 0.0169. The Morgan fingerprint density at radius 3 is 2.14 bits per heavy atom. The number of rotatable bonds is 3. The molecule has 2 amide bonds. The molecule has 0 radical (unpaired) electrons. The number of carbonyl (C=O) groups is 2. The summed E-state index contributed by atoms with van der Waals surface area (Å²) in [5.74, 6) is 1.37. The Labute approximate surface area is 133 Å². The Kier molecular flexibility index (Phi) is 4.71. The van der Waals surface area contributed by atoms with E-state index in [1.54, 1.807) is 0 Å². The van der Waals surface area contributed by atoms with Crippen molar-refractivity contribution < 1.29 is 9.59 Å². The van der Waals surface area contributed by atoms with Crippen LogP contribution in [-0.4, -0.2) is 53.8 Å². The molecule has 3 aliphatic rings. The predicted octanol–water partition coefficient (Wildman–Crippen LogP) is 1.22. The van der Waals surface area contributed by atoms with Gasteiger partial charge in [0.25, 0.3) is 0 Å². The summed E-state index contributed by atoms with van der Waals surface area (Å²) >= 11 is 0. The maximum atomic E-state index is 12.7. The lowest BCUT2D eigenvalue weighted by Gasteiger charge is -2.38. The van der Waals surface area contributed by atoms with E-state index in [1.807, 2.05) is 9.80 Å². The summed E-state index contributed by atoms with van der Waals surface area (Å²) in [6.45, 7) is 5.20. The lowest BCUT2D eigenvalue weighted by molar-refractivity contribution is -0.142. The first-order chi connectivity index (χ1) is 10.6. The van der Waals surface area contributed by atoms with Gasteiger partial charge in [-0.3, -0.25) is 9.59 Å². The molecule has 5 nitrogen and oxygen atoms in total. The fourth-order valence-electron chi connectivity index (χ4n) is 3.87. The fraction of sp³-hybridized carbons (Fsp3) is 0.882. The largest absolute Gasteiger partial charge is 0.342 e. The molecule has 124 valence electrons. The second-order valence-corrected chi connectivity index (χ2v) is 7.42. The second-order valence-electron chi connectivity index (χ2n) is 7.42. The number of likely N-dealkylation sites (tertiary alicyclic amines) is 2. The van der Waals surface area contributed by atoms with E-state index in [0.717, 1.165) is 58.2 Å². The molecule has 1 aliphatic carbocycles. The molecule has 22 heavy (non-hydrogen) atoms. The lowest BCUT2D eigenvalue weighted by atomic mass is 9.89. The van der Waals surface area contributed by atoms with Gasteiger partial charge in [-0.25, -0.2) is 0 Å². The molecule has 0 aromatic carbocycles. The van der Waals surface area contributed by atoms with Crippen LogP contribution in [0.4, 0.5) is 0 Å². The van der Waals surface area contributed by atoms with Gasteiger partial charge in [-0.1, -0.05) is 0 Å². The van der Waals surface area contributed by atoms with Crippen LogP contribution in [0.2, 0.25) is 0 Å². The normalized spacial score (nSPS) is 28.5. The van der Waals surface area contributed by atoms with E-state index in [0.29, 0.717) is 12.5 Å². The first kappa shape index (κ1) is 15.8. The van der Waals surface area contributed by atoms with Crippen LogP contribution in [0, 0.1) is 17.8 Å². The maximum Gasteiger partial charge on any atom is 0.227 e. The third kappa shape index (κ3) is 3.45. The fourth-order valence-corrected chi connectivity index (χ4v) is 3.87. The zero-order valence-corrected chi connectivity index (χ0v) is 13.7. The monoisotopic (exact) mass is 307 g/mol. The van der Waals surface area contributed by atoms with E-state index in [-0.39, 0.29) is 29.7 Å². The zero-order valence-electron chi connectivity index (χ0n) is 13.7. The number of piperidine rings is 2. The molecular formula is C17H29N3O2. The van der Waals surface area contributed by atoms with E-state index >= 15 is 0 Å². The highest BCUT2D eigenvalue weighted by atomic mass is 16.2. The third-order valence-electron chi connectivity index (χ3n) is 5.60. The van der Waals surface area contributed by atoms with Crippen molar-refractivity contribution in [1.29, 1.82) is 0 Å². The Bertz CT molecular complexity index is 426. The Morgan fingerprint density at radius 1 is 0.909 bits per heavy atom. The number of hydrogen-bond acceptors (Lipinski definition) is 3. The molecule has 0 aromatic rings. The van der Waals surface area contributed by atoms with Gasteiger partial charge in [-0.15, -0.1) is 0 Å². The summed E-state index contributed by atoms with van der Waals surface area (Å²) in [6.07, 6.45) is 6.00. The molecule has 2 unspecified atom stereocenters. The molecule has 0 spiro atoms. The number of hydrogen-bond donors (Lipinski definition) is 1. The molecule has 2 heterocycles. The van der Waals surface area contributed by atoms with Gasteiger partial charge in [0.05, 0.1) is 5.92 Å². The van der Waals surface area contributed by atoms with Crippen LogP contribution < -0.4 is 5.73 Å². The van der Waals surface area contributed by atoms with Gasteiger partial charge < -0.3 is 15.5 Å². The van der Waals surface area contributed by atoms with Gasteiger partial charge in [-0.2, -0.15) is 0 Å². The summed E-state index contributed by atoms with van der Waals surface area (Å²) < 4.78 is 0. The zero-order chi connectivity index (χ0) is 15.7. The van der Waals surface area contributed by atoms with Crippen molar-refractivity contribution in [3.63, 3.8) is 0 Å². The van der Waals surface area contributed by atoms with E-state index < -0.39 is 0 Å². The second kappa shape index (κ2) is 6.57. The summed E-state index contributed by atoms with van der Waals surface area (Å²) in [5, 5.41) is 0. The lowest BCUT2D eigenvalue weighted by Crippen LogP contribution is -2.49. The quantitative estimate of drug-likeness (QED) is 0.852. The molecule has 2 atom stereocenters. The van der Waals surface area contributed by atoms with Crippen LogP contribution >= 0.6 is 0 Å². The molecule has 2 aliphatic heterocycles. The van der Waals surface area contributed by atoms with E-state index in [2.05, 4.69) is 6.92 Å². The Morgan fingerprint density at radius 2 is 1.55 bits per heavy atom. The number of nitrogens with zero attached hydrogens (tertiary/aromatic N) is 2. The highest BCUT2D eigenvalue weighted by Gasteiger charge is 2.38. The van der Waals surface area contributed by atoms with Crippen molar-refractivity contribution in [2.24, 2.45) is 23.5 Å². The van der Waals surface area contributed by atoms with Crippen molar-refractivity contribution in [3.8, 4) is 0 Å². The summed E-state index contributed by atoms with van der Waals surface area (Å²) in [7, 11) is 0. The van der Waals surface area contributed by atoms with Crippen molar-refractivity contribution in [3.05, 3.63) is 0 Å². The Hall–Kier alpha value is -1.10. The van der Waals surface area contributed by atoms with Gasteiger partial charge in [0, 0.05) is 38.1 Å². The number of nitrogens with two attached hydrogens (primary N) is 1. The molecular weight excluding hydrogens is 278 g/mol. The van der Waals surface area contributed by atoms with Crippen LogP contribution in [0.1, 0.15) is 45.4 Å². The first-order valence-electron chi connectivity index (χ1n) is 8.89. The minimum absolute atomic E-state index is 0.0169. The topological polar surface area (TPSA) is 66.6 Å². The van der Waals surface area contributed by atoms with Crippen LogP contribution in [0.25, 0.3) is 0 Å². The highest BCUT2D eigenvalue weighted by Crippen LogP contribution is 2.33. The molecule has 1 saturated carbocycles. The first-order valence-corrected chi connectivity index (χ1v) is 8.89. The molecule has 0 aromatic heterocycles. The van der Waals surface area contributed by atoms with Gasteiger partial charge in [0.2, 0.25) is 11.8 Å². The highest BCUT2D eigenvalue weighted by molar-refractivity contribution is 5.83. The van der Waals surface area contributed by atoms with E-state index in [4.69, 9.17) is 5.73 Å². The smallest absolute Gasteiger partial charge is 0.227 e. The molecule has 3 rings (SSSR count). The van der Waals surface area contributed by atoms with Gasteiger partial charge in [0.1, 0.15) is 0 Å². The third-order valence-corrected chi connectivity index (χ3v) is 5.60. The van der Waals surface area contributed by atoms with Crippen LogP contribution in [0.15, 0.2) is 0 Å². The van der Waals surface area contributed by atoms with Gasteiger partial charge in [-0.05, 0) is 51.4 Å². The van der Waals surface area contributed by atoms with Crippen LogP contribution in [0.5, 0.6) is 0 Å². The number of carbonyl (C=O) groups excluding carboxylic acids is 2. The van der Waals surface area contributed by atoms with Gasteiger partial charge >= 0.3 is 0 Å². The van der Waals surface area contributed by atoms with E-state index in [1.165, 1.54) is 0 Å². The Balaban J connectivity index is 1.52. The van der Waals surface area contributed by atoms with Crippen molar-refractivity contribution in [2.75, 3.05) is 26.2 Å². The van der Waals surface area contributed by atoms with Gasteiger partial charge in [0.15, 0.2) is 0 Å². The molecule has 5 heteroatoms. The SMILES string of the molecule is CC(N)C1CCN(C(=O)C2CCCN(C(=O)C3CC3)C2)CC1. The summed E-state index contributed by atoms with van der Waals surface area (Å²) in [5.41, 5.74) is 5.97. The maximum absolute atomic E-state index is 12.7. The van der Waals surface area contributed by atoms with Crippen molar-refractivity contribution >= 4 is 11.8 Å². The average Bonchev–Trinajstić information content (AvgIpc) is 3.38. The minimum Gasteiger partial charge on any atom is -0.342 e. The molecule has 0 bridgehead atoms. The molecule has 2 saturated heterocycles. The predicted molar refractivity (Wildman–Crippen MR) is 85.0 cm³/mol. The molecule has 3 fully saturated rings. The standard InChI is InChI=1S/C17H29N3O2/c1-12(18)13-6-9-19(10-7-13)17(22)15-3-2-8-20(11-15)16(21)14-4-5-14/h12-15H,2-11,18H2,1H3. The number of amides is 2. The summed E-state index contributed by atoms with van der Waals surface area (Å²) in [4.78, 5) is 28.9. The van der Waals surface area contributed by atoms with Crippen molar-refractivity contribution in [2.45, 2.75) is 51.5 Å². The van der Waals surface area contributed by atoms with Crippen LogP contribution in [0.3, 0.4) is 0 Å². The van der Waals surface area contributed by atoms with E-state index in [9.17, 15) is 9.59 Å². The van der Waals surface area contributed by atoms with Crippen molar-refractivity contribution in [1.82, 2.24) is 9.80 Å². The molecule has 2 N–H and O–H groups in total. The summed E-state index contributed by atoms with van der Waals surface area (Å²) in [6, 6.07) is 0.221.